The molecule has 94 valence electrons. The molecule has 0 radical (unpaired) electrons. The smallest absolute Gasteiger partial charge is 0.222 e. The van der Waals surface area contributed by atoms with Crippen molar-refractivity contribution in [1.29, 1.82) is 0 Å². The van der Waals surface area contributed by atoms with E-state index in [4.69, 9.17) is 10.5 Å². The van der Waals surface area contributed by atoms with Gasteiger partial charge < -0.3 is 15.4 Å². The van der Waals surface area contributed by atoms with Crippen LogP contribution in [-0.2, 0) is 4.74 Å². The summed E-state index contributed by atoms with van der Waals surface area (Å²) < 4.78 is 6.43. The first kappa shape index (κ1) is 12.6. The molecular weight excluding hydrogens is 284 g/mol. The van der Waals surface area contributed by atoms with Crippen molar-refractivity contribution in [3.8, 4) is 0 Å². The molecule has 0 aliphatic heterocycles. The second kappa shape index (κ2) is 5.64. The van der Waals surface area contributed by atoms with Crippen LogP contribution in [0, 0.1) is 5.92 Å². The molecule has 1 saturated carbocycles. The molecule has 5 nitrogen and oxygen atoms in total. The molecule has 1 aromatic rings. The minimum absolute atomic E-state index is 0.286. The molecule has 1 aromatic heterocycles. The summed E-state index contributed by atoms with van der Waals surface area (Å²) in [5, 5.41) is 0. The van der Waals surface area contributed by atoms with E-state index in [9.17, 15) is 0 Å². The van der Waals surface area contributed by atoms with Gasteiger partial charge in [0.15, 0.2) is 0 Å². The largest absolute Gasteiger partial charge is 0.379 e. The van der Waals surface area contributed by atoms with Crippen molar-refractivity contribution < 1.29 is 4.74 Å². The standard InChI is InChI=1S/C11H17BrN4O/c1-16(4-5-17-7-8-2-3-8)10-9(12)6-14-11(13)15-10/h6,8H,2-5,7H2,1H3,(H2,13,14,15). The Bertz CT molecular complexity index is 384. The van der Waals surface area contributed by atoms with Crippen molar-refractivity contribution in [2.45, 2.75) is 12.8 Å². The predicted octanol–water partition coefficient (Wildman–Crippen LogP) is 1.68. The average Bonchev–Trinajstić information content (AvgIpc) is 3.11. The van der Waals surface area contributed by atoms with E-state index in [0.717, 1.165) is 29.4 Å². The molecule has 6 heteroatoms. The zero-order valence-corrected chi connectivity index (χ0v) is 11.5. The Hall–Kier alpha value is -0.880. The first-order valence-corrected chi connectivity index (χ1v) is 6.53. The maximum absolute atomic E-state index is 5.59. The molecule has 0 saturated heterocycles. The van der Waals surface area contributed by atoms with Crippen LogP contribution in [0.3, 0.4) is 0 Å². The highest BCUT2D eigenvalue weighted by atomic mass is 79.9. The third kappa shape index (κ3) is 3.81. The normalized spacial score (nSPS) is 14.9. The molecule has 2 rings (SSSR count). The first-order chi connectivity index (χ1) is 8.16. The lowest BCUT2D eigenvalue weighted by molar-refractivity contribution is 0.130. The van der Waals surface area contributed by atoms with Gasteiger partial charge in [0.25, 0.3) is 0 Å². The Balaban J connectivity index is 1.80. The summed E-state index contributed by atoms with van der Waals surface area (Å²) in [5.41, 5.74) is 5.57. The molecule has 1 heterocycles. The van der Waals surface area contributed by atoms with Crippen LogP contribution >= 0.6 is 15.9 Å². The summed E-state index contributed by atoms with van der Waals surface area (Å²) >= 11 is 3.41. The van der Waals surface area contributed by atoms with Gasteiger partial charge in [0, 0.05) is 26.4 Å². The number of halogens is 1. The quantitative estimate of drug-likeness (QED) is 0.810. The second-order valence-corrected chi connectivity index (χ2v) is 5.19. The highest BCUT2D eigenvalue weighted by Gasteiger charge is 2.21. The Kier molecular flexibility index (Phi) is 4.17. The third-order valence-corrected chi connectivity index (χ3v) is 3.29. The van der Waals surface area contributed by atoms with Gasteiger partial charge in [-0.3, -0.25) is 0 Å². The zero-order valence-electron chi connectivity index (χ0n) is 9.90. The molecule has 0 amide bonds. The molecule has 2 N–H and O–H groups in total. The minimum Gasteiger partial charge on any atom is -0.379 e. The van der Waals surface area contributed by atoms with Gasteiger partial charge in [-0.2, -0.15) is 4.98 Å². The molecule has 0 aromatic carbocycles. The number of hydrogen-bond donors (Lipinski definition) is 1. The second-order valence-electron chi connectivity index (χ2n) is 4.34. The lowest BCUT2D eigenvalue weighted by Gasteiger charge is -2.19. The fourth-order valence-electron chi connectivity index (χ4n) is 1.48. The van der Waals surface area contributed by atoms with Crippen molar-refractivity contribution in [1.82, 2.24) is 9.97 Å². The first-order valence-electron chi connectivity index (χ1n) is 5.73. The van der Waals surface area contributed by atoms with E-state index in [1.165, 1.54) is 12.8 Å². The van der Waals surface area contributed by atoms with Crippen LogP contribution in [0.15, 0.2) is 10.7 Å². The third-order valence-electron chi connectivity index (χ3n) is 2.73. The van der Waals surface area contributed by atoms with Crippen LogP contribution in [0.4, 0.5) is 11.8 Å². The molecule has 1 aliphatic rings. The van der Waals surface area contributed by atoms with Gasteiger partial charge in [0.05, 0.1) is 11.1 Å². The van der Waals surface area contributed by atoms with Gasteiger partial charge in [-0.25, -0.2) is 4.98 Å². The van der Waals surface area contributed by atoms with E-state index in [1.54, 1.807) is 6.20 Å². The number of ether oxygens (including phenoxy) is 1. The van der Waals surface area contributed by atoms with E-state index in [-0.39, 0.29) is 5.95 Å². The van der Waals surface area contributed by atoms with Crippen LogP contribution in [-0.4, -0.2) is 36.8 Å². The Morgan fingerprint density at radius 3 is 3.06 bits per heavy atom. The molecule has 1 fully saturated rings. The molecule has 1 aliphatic carbocycles. The molecule has 0 bridgehead atoms. The van der Waals surface area contributed by atoms with Crippen LogP contribution < -0.4 is 10.6 Å². The number of likely N-dealkylation sites (N-methyl/N-ethyl adjacent to an activating group) is 1. The van der Waals surface area contributed by atoms with Crippen LogP contribution in [0.2, 0.25) is 0 Å². The Morgan fingerprint density at radius 2 is 2.35 bits per heavy atom. The van der Waals surface area contributed by atoms with Crippen molar-refractivity contribution in [2.75, 3.05) is 37.4 Å². The van der Waals surface area contributed by atoms with Gasteiger partial charge in [0.2, 0.25) is 5.95 Å². The minimum atomic E-state index is 0.286. The van der Waals surface area contributed by atoms with Gasteiger partial charge >= 0.3 is 0 Å². The number of nitrogens with two attached hydrogens (primary N) is 1. The number of nitrogens with zero attached hydrogens (tertiary/aromatic N) is 3. The maximum atomic E-state index is 5.59. The number of aromatic nitrogens is 2. The van der Waals surface area contributed by atoms with Crippen LogP contribution in [0.1, 0.15) is 12.8 Å². The Labute approximate surface area is 110 Å². The number of nitrogen functional groups attached to an aromatic ring is 1. The van der Waals surface area contributed by atoms with Crippen LogP contribution in [0.25, 0.3) is 0 Å². The van der Waals surface area contributed by atoms with Gasteiger partial charge in [-0.05, 0) is 34.7 Å². The van der Waals surface area contributed by atoms with E-state index in [0.29, 0.717) is 6.61 Å². The molecule has 0 unspecified atom stereocenters. The van der Waals surface area contributed by atoms with E-state index < -0.39 is 0 Å². The SMILES string of the molecule is CN(CCOCC1CC1)c1nc(N)ncc1Br. The van der Waals surface area contributed by atoms with Crippen molar-refractivity contribution in [3.05, 3.63) is 10.7 Å². The average molecular weight is 301 g/mol. The number of hydrogen-bond acceptors (Lipinski definition) is 5. The number of rotatable bonds is 6. The van der Waals surface area contributed by atoms with E-state index in [2.05, 4.69) is 25.9 Å². The predicted molar refractivity (Wildman–Crippen MR) is 71.0 cm³/mol. The topological polar surface area (TPSA) is 64.3 Å². The lowest BCUT2D eigenvalue weighted by Crippen LogP contribution is -2.24. The van der Waals surface area contributed by atoms with E-state index in [1.807, 2.05) is 11.9 Å². The fourth-order valence-corrected chi connectivity index (χ4v) is 1.97. The maximum Gasteiger partial charge on any atom is 0.222 e. The molecule has 0 spiro atoms. The van der Waals surface area contributed by atoms with E-state index >= 15 is 0 Å². The highest BCUT2D eigenvalue weighted by molar-refractivity contribution is 9.10. The van der Waals surface area contributed by atoms with Crippen molar-refractivity contribution in [2.24, 2.45) is 5.92 Å². The summed E-state index contributed by atoms with van der Waals surface area (Å²) in [6.07, 6.45) is 4.31. The van der Waals surface area contributed by atoms with Gasteiger partial charge in [-0.15, -0.1) is 0 Å². The monoisotopic (exact) mass is 300 g/mol. The zero-order chi connectivity index (χ0) is 12.3. The summed E-state index contributed by atoms with van der Waals surface area (Å²) in [7, 11) is 1.97. The summed E-state index contributed by atoms with van der Waals surface area (Å²) in [6, 6.07) is 0. The molecule has 17 heavy (non-hydrogen) atoms. The van der Waals surface area contributed by atoms with Gasteiger partial charge in [-0.1, -0.05) is 0 Å². The van der Waals surface area contributed by atoms with Crippen molar-refractivity contribution in [3.63, 3.8) is 0 Å². The lowest BCUT2D eigenvalue weighted by atomic mass is 10.4. The van der Waals surface area contributed by atoms with Crippen LogP contribution in [0.5, 0.6) is 0 Å². The highest BCUT2D eigenvalue weighted by Crippen LogP contribution is 2.28. The number of anilines is 2. The summed E-state index contributed by atoms with van der Waals surface area (Å²) in [4.78, 5) is 10.1. The summed E-state index contributed by atoms with van der Waals surface area (Å²) in [6.45, 7) is 2.39. The molecular formula is C11H17BrN4O. The summed E-state index contributed by atoms with van der Waals surface area (Å²) in [5.74, 6) is 1.89. The van der Waals surface area contributed by atoms with Gasteiger partial charge in [0.1, 0.15) is 5.82 Å². The molecule has 0 atom stereocenters. The van der Waals surface area contributed by atoms with Crippen molar-refractivity contribution >= 4 is 27.7 Å². The Morgan fingerprint density at radius 1 is 1.59 bits per heavy atom. The fraction of sp³-hybridized carbons (Fsp3) is 0.636.